The molecule has 0 saturated carbocycles. The van der Waals surface area contributed by atoms with Crippen LogP contribution in [0.2, 0.25) is 5.02 Å². The van der Waals surface area contributed by atoms with Gasteiger partial charge in [-0.3, -0.25) is 9.78 Å². The Morgan fingerprint density at radius 3 is 2.71 bits per heavy atom. The number of piperidine rings is 1. The van der Waals surface area contributed by atoms with Crippen LogP contribution in [-0.4, -0.2) is 69.6 Å². The normalized spacial score (nSPS) is 21.8. The molecule has 0 bridgehead atoms. The SMILES string of the molecule is C=CCOCc1nc(N2C/C(=C/c3ncc(Cl)cc3[C@@]3(F)CCN(C(=O)CC=C)C[C@@H]3C)C[C@H]2C(=O)OC(C)(C)C)c2oc3ccccc3c2n1. The van der Waals surface area contributed by atoms with E-state index in [2.05, 4.69) is 18.1 Å². The number of carbonyl (C=O) groups excluding carboxylic acids is 2. The number of halogens is 2. The van der Waals surface area contributed by atoms with Gasteiger partial charge in [0, 0.05) is 62.0 Å². The monoisotopic (exact) mass is 715 g/mol. The number of amides is 1. The molecule has 3 atom stereocenters. The number of nitrogens with zero attached hydrogens (tertiary/aromatic N) is 5. The van der Waals surface area contributed by atoms with Crippen molar-refractivity contribution in [1.82, 2.24) is 19.9 Å². The molecule has 0 spiro atoms. The first kappa shape index (κ1) is 36.2. The fourth-order valence-corrected chi connectivity index (χ4v) is 7.01. The van der Waals surface area contributed by atoms with Crippen LogP contribution in [-0.2, 0) is 31.3 Å². The van der Waals surface area contributed by atoms with Crippen molar-refractivity contribution in [3.8, 4) is 0 Å². The van der Waals surface area contributed by atoms with E-state index in [0.717, 1.165) is 11.0 Å². The summed E-state index contributed by atoms with van der Waals surface area (Å²) in [5.41, 5.74) is 0.679. The quantitative estimate of drug-likeness (QED) is 0.0925. The van der Waals surface area contributed by atoms with Crippen molar-refractivity contribution in [2.45, 2.75) is 70.9 Å². The third kappa shape index (κ3) is 7.55. The van der Waals surface area contributed by atoms with Crippen molar-refractivity contribution >= 4 is 57.4 Å². The summed E-state index contributed by atoms with van der Waals surface area (Å²) in [6, 6.07) is 8.41. The number of ether oxygens (including phenoxy) is 2. The molecule has 0 radical (unpaired) electrons. The molecule has 3 aromatic heterocycles. The predicted molar refractivity (Wildman–Crippen MR) is 196 cm³/mol. The Kier molecular flexibility index (Phi) is 10.3. The third-order valence-electron chi connectivity index (χ3n) is 9.24. The molecule has 5 heterocycles. The molecule has 51 heavy (non-hydrogen) atoms. The summed E-state index contributed by atoms with van der Waals surface area (Å²) in [5, 5.41) is 1.11. The van der Waals surface area contributed by atoms with Gasteiger partial charge in [-0.05, 0) is 50.6 Å². The number of hydrogen-bond acceptors (Lipinski definition) is 9. The largest absolute Gasteiger partial charge is 0.458 e. The van der Waals surface area contributed by atoms with E-state index < -0.39 is 29.2 Å². The number of furan rings is 1. The maximum Gasteiger partial charge on any atom is 0.329 e. The Morgan fingerprint density at radius 2 is 1.98 bits per heavy atom. The van der Waals surface area contributed by atoms with Crippen LogP contribution in [0.3, 0.4) is 0 Å². The molecule has 0 aliphatic carbocycles. The van der Waals surface area contributed by atoms with Gasteiger partial charge in [-0.1, -0.05) is 42.8 Å². The molecule has 2 saturated heterocycles. The highest BCUT2D eigenvalue weighted by atomic mass is 35.5. The molecule has 0 N–H and O–H groups in total. The smallest absolute Gasteiger partial charge is 0.329 e. The summed E-state index contributed by atoms with van der Waals surface area (Å²) in [5.74, 6) is -0.211. The number of carbonyl (C=O) groups is 2. The van der Waals surface area contributed by atoms with E-state index in [1.165, 1.54) is 6.20 Å². The standard InChI is InChI=1S/C39H43ClFN5O5/c1-7-11-33(47)45-15-14-39(41,24(3)21-45)28-19-26(40)20-42-29(28)17-25-18-30(37(48)51-38(4,5)6)46(22-25)36-35-34(27-12-9-10-13-31(27)50-35)43-32(44-36)23-49-16-8-2/h7-10,12-13,17,19-20,24,30H,1-2,11,14-16,18,21-23H2,3-6H3/b25-17+/t24-,30-,39+/m0/s1. The Balaban J connectivity index is 1.42. The molecule has 1 aromatic carbocycles. The van der Waals surface area contributed by atoms with E-state index in [1.54, 1.807) is 30.0 Å². The number of para-hydroxylation sites is 1. The summed E-state index contributed by atoms with van der Waals surface area (Å²) in [6.07, 6.45) is 7.09. The molecule has 2 aliphatic heterocycles. The van der Waals surface area contributed by atoms with Crippen molar-refractivity contribution < 1.29 is 27.9 Å². The number of alkyl halides is 1. The van der Waals surface area contributed by atoms with Crippen LogP contribution < -0.4 is 4.90 Å². The fourth-order valence-electron chi connectivity index (χ4n) is 6.85. The van der Waals surface area contributed by atoms with Crippen molar-refractivity contribution in [2.24, 2.45) is 5.92 Å². The van der Waals surface area contributed by atoms with E-state index in [9.17, 15) is 9.59 Å². The van der Waals surface area contributed by atoms with Gasteiger partial charge in [0.15, 0.2) is 17.2 Å². The van der Waals surface area contributed by atoms with Gasteiger partial charge in [0.05, 0.1) is 17.3 Å². The zero-order chi connectivity index (χ0) is 36.5. The third-order valence-corrected chi connectivity index (χ3v) is 9.44. The lowest BCUT2D eigenvalue weighted by Crippen LogP contribution is -2.49. The van der Waals surface area contributed by atoms with Gasteiger partial charge in [0.25, 0.3) is 0 Å². The molecule has 12 heteroatoms. The number of anilines is 1. The van der Waals surface area contributed by atoms with Gasteiger partial charge in [-0.15, -0.1) is 13.2 Å². The van der Waals surface area contributed by atoms with Crippen LogP contribution in [0.15, 0.2) is 71.8 Å². The molecule has 0 unspecified atom stereocenters. The highest BCUT2D eigenvalue weighted by Gasteiger charge is 2.45. The van der Waals surface area contributed by atoms with Crippen LogP contribution in [0.5, 0.6) is 0 Å². The van der Waals surface area contributed by atoms with Crippen molar-refractivity contribution in [1.29, 1.82) is 0 Å². The molecule has 2 fully saturated rings. The van der Waals surface area contributed by atoms with Gasteiger partial charge >= 0.3 is 5.97 Å². The van der Waals surface area contributed by atoms with Crippen LogP contribution >= 0.6 is 11.6 Å². The Bertz CT molecular complexity index is 2020. The van der Waals surface area contributed by atoms with Gasteiger partial charge in [0.1, 0.15) is 35.0 Å². The Labute approximate surface area is 302 Å². The lowest BCUT2D eigenvalue weighted by Gasteiger charge is -2.42. The molecule has 268 valence electrons. The van der Waals surface area contributed by atoms with Crippen molar-refractivity contribution in [2.75, 3.05) is 31.1 Å². The summed E-state index contributed by atoms with van der Waals surface area (Å²) in [6.45, 7) is 15.8. The maximum absolute atomic E-state index is 17.2. The number of rotatable bonds is 10. The first-order chi connectivity index (χ1) is 24.3. The summed E-state index contributed by atoms with van der Waals surface area (Å²) < 4.78 is 35.2. The maximum atomic E-state index is 17.2. The molecule has 6 rings (SSSR count). The van der Waals surface area contributed by atoms with Crippen LogP contribution in [0.1, 0.15) is 64.0 Å². The predicted octanol–water partition coefficient (Wildman–Crippen LogP) is 7.74. The molecular formula is C39H43ClFN5O5. The van der Waals surface area contributed by atoms with E-state index in [-0.39, 0.29) is 51.4 Å². The summed E-state index contributed by atoms with van der Waals surface area (Å²) in [4.78, 5) is 44.3. The number of likely N-dealkylation sites (tertiary alicyclic amines) is 1. The second kappa shape index (κ2) is 14.6. The Hall–Kier alpha value is -4.61. The number of pyridine rings is 1. The van der Waals surface area contributed by atoms with E-state index in [4.69, 9.17) is 35.5 Å². The van der Waals surface area contributed by atoms with Crippen molar-refractivity contribution in [3.05, 3.63) is 89.5 Å². The number of esters is 1. The lowest BCUT2D eigenvalue weighted by molar-refractivity contribution is -0.156. The molecule has 2 aliphatic rings. The lowest BCUT2D eigenvalue weighted by atomic mass is 9.77. The van der Waals surface area contributed by atoms with Crippen LogP contribution in [0.25, 0.3) is 28.1 Å². The van der Waals surface area contributed by atoms with Gasteiger partial charge in [-0.2, -0.15) is 0 Å². The number of fused-ring (bicyclic) bond motifs is 3. The van der Waals surface area contributed by atoms with Gasteiger partial charge in [0.2, 0.25) is 5.91 Å². The topological polar surface area (TPSA) is 111 Å². The second-order valence-corrected chi connectivity index (χ2v) is 14.6. The van der Waals surface area contributed by atoms with Crippen LogP contribution in [0, 0.1) is 5.92 Å². The molecule has 4 aromatic rings. The highest BCUT2D eigenvalue weighted by Crippen LogP contribution is 2.44. The van der Waals surface area contributed by atoms with E-state index in [1.807, 2.05) is 56.0 Å². The minimum atomic E-state index is -1.80. The van der Waals surface area contributed by atoms with Crippen LogP contribution in [0.4, 0.5) is 10.2 Å². The van der Waals surface area contributed by atoms with Gasteiger partial charge < -0.3 is 23.7 Å². The minimum absolute atomic E-state index is 0.0802. The number of hydrogen-bond donors (Lipinski definition) is 0. The first-order valence-electron chi connectivity index (χ1n) is 17.1. The average molecular weight is 716 g/mol. The second-order valence-electron chi connectivity index (χ2n) is 14.2. The zero-order valence-corrected chi connectivity index (χ0v) is 30.2. The highest BCUT2D eigenvalue weighted by molar-refractivity contribution is 6.30. The first-order valence-corrected chi connectivity index (χ1v) is 17.5. The zero-order valence-electron chi connectivity index (χ0n) is 29.5. The number of benzene rings is 1. The van der Waals surface area contributed by atoms with Gasteiger partial charge in [-0.25, -0.2) is 19.2 Å². The van der Waals surface area contributed by atoms with E-state index >= 15 is 4.39 Å². The van der Waals surface area contributed by atoms with E-state index in [0.29, 0.717) is 51.2 Å². The summed E-state index contributed by atoms with van der Waals surface area (Å²) in [7, 11) is 0. The number of aromatic nitrogens is 3. The molecular weight excluding hydrogens is 673 g/mol. The van der Waals surface area contributed by atoms with Crippen molar-refractivity contribution in [3.63, 3.8) is 0 Å². The average Bonchev–Trinajstić information content (AvgIpc) is 3.68. The summed E-state index contributed by atoms with van der Waals surface area (Å²) >= 11 is 6.43. The molecule has 1 amide bonds. The fraction of sp³-hybridized carbons (Fsp3) is 0.410. The molecule has 10 nitrogen and oxygen atoms in total. The Morgan fingerprint density at radius 1 is 1.20 bits per heavy atom. The minimum Gasteiger partial charge on any atom is -0.458 e.